The van der Waals surface area contributed by atoms with E-state index in [-0.39, 0.29) is 11.9 Å². The zero-order chi connectivity index (χ0) is 21.9. The number of carbonyl (C=O) groups excluding carboxylic acids is 1. The highest BCUT2D eigenvalue weighted by molar-refractivity contribution is 7.15. The van der Waals surface area contributed by atoms with Gasteiger partial charge in [-0.25, -0.2) is 4.98 Å². The summed E-state index contributed by atoms with van der Waals surface area (Å²) in [5.41, 5.74) is 4.41. The lowest BCUT2D eigenvalue weighted by molar-refractivity contribution is 0.0937. The number of thiazole rings is 1. The summed E-state index contributed by atoms with van der Waals surface area (Å²) >= 11 is 1.45. The highest BCUT2D eigenvalue weighted by atomic mass is 32.1. The Bertz CT molecular complexity index is 1300. The van der Waals surface area contributed by atoms with Crippen LogP contribution in [0.1, 0.15) is 27.7 Å². The number of amides is 1. The number of nitrogens with one attached hydrogen (secondary N) is 1. The number of fused-ring (bicyclic) bond motifs is 1. The molecule has 0 fully saturated rings. The molecule has 32 heavy (non-hydrogen) atoms. The van der Waals surface area contributed by atoms with Crippen molar-refractivity contribution < 1.29 is 9.53 Å². The van der Waals surface area contributed by atoms with Crippen molar-refractivity contribution in [2.45, 2.75) is 6.04 Å². The van der Waals surface area contributed by atoms with Crippen LogP contribution in [0, 0.1) is 0 Å². The first kappa shape index (κ1) is 20.0. The van der Waals surface area contributed by atoms with Crippen LogP contribution in [0.25, 0.3) is 16.2 Å². The van der Waals surface area contributed by atoms with E-state index in [4.69, 9.17) is 9.72 Å². The predicted octanol–water partition coefficient (Wildman–Crippen LogP) is 5.59. The Morgan fingerprint density at radius 3 is 2.16 bits per heavy atom. The normalized spacial score (nSPS) is 11.1. The van der Waals surface area contributed by atoms with Gasteiger partial charge in [0.05, 0.1) is 18.8 Å². The Morgan fingerprint density at radius 1 is 0.938 bits per heavy atom. The van der Waals surface area contributed by atoms with Crippen molar-refractivity contribution in [2.75, 3.05) is 7.11 Å². The van der Waals surface area contributed by atoms with Crippen LogP contribution in [-0.4, -0.2) is 22.4 Å². The van der Waals surface area contributed by atoms with Crippen LogP contribution in [0.15, 0.2) is 96.5 Å². The molecule has 2 aromatic heterocycles. The number of carbonyl (C=O) groups is 1. The second-order valence-corrected chi connectivity index (χ2v) is 8.19. The van der Waals surface area contributed by atoms with Crippen molar-refractivity contribution in [3.63, 3.8) is 0 Å². The maximum atomic E-state index is 13.3. The third-order valence-electron chi connectivity index (χ3n) is 5.37. The molecule has 6 heteroatoms. The van der Waals surface area contributed by atoms with Gasteiger partial charge in [-0.15, -0.1) is 11.3 Å². The Kier molecular flexibility index (Phi) is 5.44. The number of aromatic nitrogens is 2. The Labute approximate surface area is 190 Å². The second kappa shape index (κ2) is 8.69. The molecule has 5 aromatic rings. The van der Waals surface area contributed by atoms with Crippen molar-refractivity contribution in [2.24, 2.45) is 0 Å². The maximum absolute atomic E-state index is 13.3. The summed E-state index contributed by atoms with van der Waals surface area (Å²) in [7, 11) is 1.64. The summed E-state index contributed by atoms with van der Waals surface area (Å²) in [6.45, 7) is 0. The van der Waals surface area contributed by atoms with Gasteiger partial charge >= 0.3 is 0 Å². The fourth-order valence-electron chi connectivity index (χ4n) is 3.70. The van der Waals surface area contributed by atoms with E-state index in [1.165, 1.54) is 11.3 Å². The highest BCUT2D eigenvalue weighted by Crippen LogP contribution is 2.27. The summed E-state index contributed by atoms with van der Waals surface area (Å²) in [5.74, 6) is 0.648. The van der Waals surface area contributed by atoms with E-state index >= 15 is 0 Å². The molecular weight excluding hydrogens is 418 g/mol. The molecule has 158 valence electrons. The van der Waals surface area contributed by atoms with Crippen LogP contribution in [0.3, 0.4) is 0 Å². The van der Waals surface area contributed by atoms with E-state index in [2.05, 4.69) is 5.32 Å². The minimum Gasteiger partial charge on any atom is -0.497 e. The maximum Gasteiger partial charge on any atom is 0.269 e. The van der Waals surface area contributed by atoms with E-state index < -0.39 is 0 Å². The highest BCUT2D eigenvalue weighted by Gasteiger charge is 2.21. The quantitative estimate of drug-likeness (QED) is 0.375. The first-order chi connectivity index (χ1) is 15.7. The number of hydrogen-bond donors (Lipinski definition) is 1. The van der Waals surface area contributed by atoms with Gasteiger partial charge in [-0.05, 0) is 35.4 Å². The van der Waals surface area contributed by atoms with Gasteiger partial charge in [-0.3, -0.25) is 9.20 Å². The van der Waals surface area contributed by atoms with Crippen molar-refractivity contribution in [3.8, 4) is 17.0 Å². The van der Waals surface area contributed by atoms with Crippen LogP contribution in [0.5, 0.6) is 5.75 Å². The van der Waals surface area contributed by atoms with Crippen molar-refractivity contribution in [1.82, 2.24) is 14.7 Å². The molecule has 5 rings (SSSR count). The number of nitrogens with zero attached hydrogens (tertiary/aromatic N) is 2. The van der Waals surface area contributed by atoms with Gasteiger partial charge < -0.3 is 10.1 Å². The number of hydrogen-bond acceptors (Lipinski definition) is 4. The standard InChI is InChI=1S/C26H21N3O2S/c1-31-21-14-12-18(13-15-21)22-16-29-23(17-32-26(29)27-22)25(30)28-24(19-8-4-2-5-9-19)20-10-6-3-7-11-20/h2-17,24H,1H3,(H,28,30). The van der Waals surface area contributed by atoms with E-state index in [1.54, 1.807) is 7.11 Å². The smallest absolute Gasteiger partial charge is 0.269 e. The Hall–Kier alpha value is -3.90. The molecule has 1 N–H and O–H groups in total. The summed E-state index contributed by atoms with van der Waals surface area (Å²) in [6, 6.07) is 27.5. The first-order valence-corrected chi connectivity index (χ1v) is 11.1. The van der Waals surface area contributed by atoms with Crippen LogP contribution in [0.4, 0.5) is 0 Å². The van der Waals surface area contributed by atoms with Gasteiger partial charge in [0.1, 0.15) is 11.4 Å². The van der Waals surface area contributed by atoms with Crippen LogP contribution in [0.2, 0.25) is 0 Å². The molecule has 0 aliphatic heterocycles. The second-order valence-electron chi connectivity index (χ2n) is 7.36. The predicted molar refractivity (Wildman–Crippen MR) is 127 cm³/mol. The van der Waals surface area contributed by atoms with Crippen molar-refractivity contribution in [3.05, 3.63) is 113 Å². The summed E-state index contributed by atoms with van der Waals surface area (Å²) in [4.78, 5) is 18.8. The summed E-state index contributed by atoms with van der Waals surface area (Å²) in [5, 5.41) is 5.06. The van der Waals surface area contributed by atoms with Gasteiger partial charge in [-0.1, -0.05) is 60.7 Å². The SMILES string of the molecule is COc1ccc(-c2cn3c(C(=O)NC(c4ccccc4)c4ccccc4)csc3n2)cc1. The van der Waals surface area contributed by atoms with Gasteiger partial charge in [0.2, 0.25) is 0 Å². The van der Waals surface area contributed by atoms with E-state index in [1.807, 2.05) is 101 Å². The molecule has 0 bridgehead atoms. The third kappa shape index (κ3) is 3.88. The minimum atomic E-state index is -0.246. The lowest BCUT2D eigenvalue weighted by atomic mass is 9.98. The number of benzene rings is 3. The van der Waals surface area contributed by atoms with Crippen molar-refractivity contribution in [1.29, 1.82) is 0 Å². The third-order valence-corrected chi connectivity index (χ3v) is 6.21. The monoisotopic (exact) mass is 439 g/mol. The first-order valence-electron chi connectivity index (χ1n) is 10.2. The fraction of sp³-hybridized carbons (Fsp3) is 0.0769. The molecule has 0 saturated carbocycles. The van der Waals surface area contributed by atoms with Gasteiger partial charge in [-0.2, -0.15) is 0 Å². The van der Waals surface area contributed by atoms with E-state index in [9.17, 15) is 4.79 Å². The van der Waals surface area contributed by atoms with Crippen molar-refractivity contribution >= 4 is 22.2 Å². The molecular formula is C26H21N3O2S. The lowest BCUT2D eigenvalue weighted by Crippen LogP contribution is -2.30. The van der Waals surface area contributed by atoms with Gasteiger partial charge in [0.25, 0.3) is 5.91 Å². The minimum absolute atomic E-state index is 0.146. The molecule has 5 nitrogen and oxygen atoms in total. The topological polar surface area (TPSA) is 55.6 Å². The largest absolute Gasteiger partial charge is 0.497 e. The fourth-order valence-corrected chi connectivity index (χ4v) is 4.56. The molecule has 0 aliphatic carbocycles. The molecule has 2 heterocycles. The number of rotatable bonds is 6. The van der Waals surface area contributed by atoms with Crippen LogP contribution >= 0.6 is 11.3 Å². The Balaban J connectivity index is 1.46. The van der Waals surface area contributed by atoms with E-state index in [0.29, 0.717) is 5.69 Å². The van der Waals surface area contributed by atoms with Gasteiger partial charge in [0, 0.05) is 17.1 Å². The van der Waals surface area contributed by atoms with Gasteiger partial charge in [0.15, 0.2) is 4.96 Å². The lowest BCUT2D eigenvalue weighted by Gasteiger charge is -2.19. The zero-order valence-corrected chi connectivity index (χ0v) is 18.3. The molecule has 0 atom stereocenters. The summed E-state index contributed by atoms with van der Waals surface area (Å²) < 4.78 is 7.09. The molecule has 0 radical (unpaired) electrons. The molecule has 0 aliphatic rings. The van der Waals surface area contributed by atoms with E-state index in [0.717, 1.165) is 33.1 Å². The average molecular weight is 440 g/mol. The molecule has 1 amide bonds. The average Bonchev–Trinajstić information content (AvgIpc) is 3.45. The number of methoxy groups -OCH3 is 1. The summed E-state index contributed by atoms with van der Waals surface area (Å²) in [6.07, 6.45) is 1.91. The Morgan fingerprint density at radius 2 is 1.56 bits per heavy atom. The molecule has 0 unspecified atom stereocenters. The zero-order valence-electron chi connectivity index (χ0n) is 17.4. The van der Waals surface area contributed by atoms with Crippen LogP contribution < -0.4 is 10.1 Å². The molecule has 0 spiro atoms. The molecule has 3 aromatic carbocycles. The number of imidazole rings is 1. The molecule has 0 saturated heterocycles. The number of ether oxygens (including phenoxy) is 1. The van der Waals surface area contributed by atoms with Crippen LogP contribution in [-0.2, 0) is 0 Å².